The fourth-order valence-corrected chi connectivity index (χ4v) is 3.00. The summed E-state index contributed by atoms with van der Waals surface area (Å²) >= 11 is 6.00. The summed E-state index contributed by atoms with van der Waals surface area (Å²) < 4.78 is 0. The molecule has 1 aliphatic carbocycles. The van der Waals surface area contributed by atoms with Gasteiger partial charge in [0.25, 0.3) is 0 Å². The SMILES string of the molecule is CC(C)(C)C1=C(C(C)(C)C)C(=O)c2cc(Cl)ccc2C1=O. The van der Waals surface area contributed by atoms with Crippen LogP contribution < -0.4 is 0 Å². The molecule has 112 valence electrons. The lowest BCUT2D eigenvalue weighted by Gasteiger charge is -2.35. The zero-order chi connectivity index (χ0) is 16.2. The van der Waals surface area contributed by atoms with Crippen molar-refractivity contribution in [1.29, 1.82) is 0 Å². The highest BCUT2D eigenvalue weighted by Gasteiger charge is 2.41. The number of carbonyl (C=O) groups is 2. The van der Waals surface area contributed by atoms with Crippen LogP contribution in [0.25, 0.3) is 0 Å². The highest BCUT2D eigenvalue weighted by Crippen LogP contribution is 2.43. The van der Waals surface area contributed by atoms with Crippen molar-refractivity contribution >= 4 is 23.2 Å². The van der Waals surface area contributed by atoms with Crippen LogP contribution in [0.2, 0.25) is 5.02 Å². The predicted molar refractivity (Wildman–Crippen MR) is 86.0 cm³/mol. The molecule has 1 aromatic rings. The average Bonchev–Trinajstić information content (AvgIpc) is 2.30. The van der Waals surface area contributed by atoms with Crippen molar-refractivity contribution in [3.8, 4) is 0 Å². The van der Waals surface area contributed by atoms with E-state index in [4.69, 9.17) is 11.6 Å². The quantitative estimate of drug-likeness (QED) is 0.667. The van der Waals surface area contributed by atoms with Crippen LogP contribution in [0.4, 0.5) is 0 Å². The second-order valence-corrected chi connectivity index (χ2v) is 8.03. The summed E-state index contributed by atoms with van der Waals surface area (Å²) in [6.07, 6.45) is 0. The van der Waals surface area contributed by atoms with E-state index in [1.807, 2.05) is 41.5 Å². The molecule has 0 spiro atoms. The average molecular weight is 305 g/mol. The molecule has 0 heterocycles. The van der Waals surface area contributed by atoms with Gasteiger partial charge in [-0.25, -0.2) is 0 Å². The monoisotopic (exact) mass is 304 g/mol. The van der Waals surface area contributed by atoms with Gasteiger partial charge in [0.05, 0.1) is 0 Å². The number of carbonyl (C=O) groups excluding carboxylic acids is 2. The minimum atomic E-state index is -0.393. The number of hydrogen-bond acceptors (Lipinski definition) is 2. The lowest BCUT2D eigenvalue weighted by atomic mass is 9.67. The van der Waals surface area contributed by atoms with Gasteiger partial charge in [-0.3, -0.25) is 9.59 Å². The van der Waals surface area contributed by atoms with E-state index < -0.39 is 5.41 Å². The van der Waals surface area contributed by atoms with Crippen LogP contribution in [0.15, 0.2) is 29.3 Å². The summed E-state index contributed by atoms with van der Waals surface area (Å²) in [6.45, 7) is 11.8. The maximum atomic E-state index is 12.9. The number of benzene rings is 1. The van der Waals surface area contributed by atoms with Crippen molar-refractivity contribution < 1.29 is 9.59 Å². The van der Waals surface area contributed by atoms with E-state index in [9.17, 15) is 9.59 Å². The van der Waals surface area contributed by atoms with Crippen LogP contribution in [0.1, 0.15) is 62.3 Å². The topological polar surface area (TPSA) is 34.1 Å². The number of ketones is 2. The lowest BCUT2D eigenvalue weighted by Crippen LogP contribution is -2.34. The maximum Gasteiger partial charge on any atom is 0.190 e. The number of halogens is 1. The van der Waals surface area contributed by atoms with Crippen LogP contribution in [-0.2, 0) is 0 Å². The molecule has 0 saturated heterocycles. The van der Waals surface area contributed by atoms with Gasteiger partial charge in [-0.1, -0.05) is 53.1 Å². The predicted octanol–water partition coefficient (Wildman–Crippen LogP) is 5.11. The van der Waals surface area contributed by atoms with Gasteiger partial charge in [-0.15, -0.1) is 0 Å². The Morgan fingerprint density at radius 3 is 1.62 bits per heavy atom. The summed E-state index contributed by atoms with van der Waals surface area (Å²) in [7, 11) is 0. The highest BCUT2D eigenvalue weighted by molar-refractivity contribution is 6.33. The molecule has 3 heteroatoms. The molecular formula is C18H21ClO2. The van der Waals surface area contributed by atoms with E-state index in [1.165, 1.54) is 0 Å². The normalized spacial score (nSPS) is 16.3. The molecule has 0 aromatic heterocycles. The number of hydrogen-bond donors (Lipinski definition) is 0. The number of allylic oxidation sites excluding steroid dienone is 2. The van der Waals surface area contributed by atoms with E-state index in [-0.39, 0.29) is 17.0 Å². The third kappa shape index (κ3) is 2.69. The fourth-order valence-electron chi connectivity index (χ4n) is 2.83. The zero-order valence-electron chi connectivity index (χ0n) is 13.4. The smallest absolute Gasteiger partial charge is 0.190 e. The van der Waals surface area contributed by atoms with E-state index in [2.05, 4.69) is 0 Å². The molecule has 0 saturated carbocycles. The molecule has 0 atom stereocenters. The van der Waals surface area contributed by atoms with E-state index in [0.29, 0.717) is 27.3 Å². The lowest BCUT2D eigenvalue weighted by molar-refractivity contribution is 0.0939. The Kier molecular flexibility index (Phi) is 3.66. The van der Waals surface area contributed by atoms with Crippen molar-refractivity contribution in [1.82, 2.24) is 0 Å². The first-order valence-electron chi connectivity index (χ1n) is 7.09. The zero-order valence-corrected chi connectivity index (χ0v) is 14.2. The Bertz CT molecular complexity index is 667. The molecule has 0 bridgehead atoms. The first kappa shape index (κ1) is 16.0. The van der Waals surface area contributed by atoms with Crippen LogP contribution in [0.5, 0.6) is 0 Å². The summed E-state index contributed by atoms with van der Waals surface area (Å²) in [5, 5.41) is 0.474. The van der Waals surface area contributed by atoms with Gasteiger partial charge in [-0.2, -0.15) is 0 Å². The van der Waals surface area contributed by atoms with Crippen LogP contribution >= 0.6 is 11.6 Å². The molecular weight excluding hydrogens is 284 g/mol. The second kappa shape index (κ2) is 4.81. The Hall–Kier alpha value is -1.41. The number of Topliss-reactive ketones (excluding diaryl/α,β-unsaturated/α-hetero) is 2. The van der Waals surface area contributed by atoms with Crippen molar-refractivity contribution in [2.45, 2.75) is 41.5 Å². The number of fused-ring (bicyclic) bond motifs is 1. The summed E-state index contributed by atoms with van der Waals surface area (Å²) in [5.74, 6) is -0.136. The summed E-state index contributed by atoms with van der Waals surface area (Å²) in [5.41, 5.74) is 1.33. The molecule has 2 rings (SSSR count). The minimum Gasteiger partial charge on any atom is -0.289 e. The highest BCUT2D eigenvalue weighted by atomic mass is 35.5. The van der Waals surface area contributed by atoms with E-state index in [1.54, 1.807) is 18.2 Å². The van der Waals surface area contributed by atoms with Gasteiger partial charge < -0.3 is 0 Å². The molecule has 0 aliphatic heterocycles. The Labute approximate surface area is 131 Å². The number of rotatable bonds is 0. The first-order valence-corrected chi connectivity index (χ1v) is 7.46. The molecule has 0 unspecified atom stereocenters. The standard InChI is InChI=1S/C18H21ClO2/c1-17(2,3)13-14(18(4,5)6)16(21)12-9-10(19)7-8-11(12)15(13)20/h7-9H,1-6H3. The molecule has 1 aliphatic rings. The van der Waals surface area contributed by atoms with Gasteiger partial charge in [0.1, 0.15) is 0 Å². The Morgan fingerprint density at radius 1 is 0.762 bits per heavy atom. The third-order valence-electron chi connectivity index (χ3n) is 3.67. The van der Waals surface area contributed by atoms with Gasteiger partial charge in [0.2, 0.25) is 0 Å². The van der Waals surface area contributed by atoms with Gasteiger partial charge in [-0.05, 0) is 29.0 Å². The first-order chi connectivity index (χ1) is 9.44. The van der Waals surface area contributed by atoms with E-state index >= 15 is 0 Å². The van der Waals surface area contributed by atoms with Crippen LogP contribution in [0, 0.1) is 10.8 Å². The van der Waals surface area contributed by atoms with Crippen molar-refractivity contribution in [2.24, 2.45) is 10.8 Å². The minimum absolute atomic E-state index is 0.0568. The van der Waals surface area contributed by atoms with E-state index in [0.717, 1.165) is 0 Å². The summed E-state index contributed by atoms with van der Waals surface area (Å²) in [6, 6.07) is 4.92. The van der Waals surface area contributed by atoms with Crippen LogP contribution in [0.3, 0.4) is 0 Å². The van der Waals surface area contributed by atoms with Gasteiger partial charge >= 0.3 is 0 Å². The molecule has 0 amide bonds. The van der Waals surface area contributed by atoms with Crippen molar-refractivity contribution in [3.63, 3.8) is 0 Å². The second-order valence-electron chi connectivity index (χ2n) is 7.60. The molecule has 0 fully saturated rings. The Balaban J connectivity index is 2.84. The van der Waals surface area contributed by atoms with Gasteiger partial charge in [0, 0.05) is 27.3 Å². The largest absolute Gasteiger partial charge is 0.289 e. The molecule has 0 N–H and O–H groups in total. The third-order valence-corrected chi connectivity index (χ3v) is 3.91. The van der Waals surface area contributed by atoms with Crippen LogP contribution in [-0.4, -0.2) is 11.6 Å². The van der Waals surface area contributed by atoms with Gasteiger partial charge in [0.15, 0.2) is 11.6 Å². The molecule has 0 radical (unpaired) electrons. The van der Waals surface area contributed by atoms with Crippen molar-refractivity contribution in [2.75, 3.05) is 0 Å². The Morgan fingerprint density at radius 2 is 1.19 bits per heavy atom. The maximum absolute atomic E-state index is 12.9. The molecule has 1 aromatic carbocycles. The molecule has 21 heavy (non-hydrogen) atoms. The molecule has 2 nitrogen and oxygen atoms in total. The summed E-state index contributed by atoms with van der Waals surface area (Å²) in [4.78, 5) is 25.9. The fraction of sp³-hybridized carbons (Fsp3) is 0.444. The van der Waals surface area contributed by atoms with Crippen molar-refractivity contribution in [3.05, 3.63) is 45.5 Å².